The second-order valence-corrected chi connectivity index (χ2v) is 3.70. The maximum Gasteiger partial charge on any atom is 0.153 e. The Labute approximate surface area is 104 Å². The molecule has 4 heteroatoms. The van der Waals surface area contributed by atoms with Gasteiger partial charge in [0, 0.05) is 6.20 Å². The Morgan fingerprint density at radius 1 is 1.00 bits per heavy atom. The predicted octanol–water partition coefficient (Wildman–Crippen LogP) is 3.03. The van der Waals surface area contributed by atoms with E-state index in [2.05, 4.69) is 10.1 Å². The van der Waals surface area contributed by atoms with Gasteiger partial charge >= 0.3 is 0 Å². The molecule has 3 aromatic rings. The molecule has 4 nitrogen and oxygen atoms in total. The molecule has 3 aromatic heterocycles. The van der Waals surface area contributed by atoms with E-state index in [1.807, 2.05) is 48.6 Å². The summed E-state index contributed by atoms with van der Waals surface area (Å²) in [6.07, 6.45) is 8.99. The fourth-order valence-corrected chi connectivity index (χ4v) is 1.66. The lowest BCUT2D eigenvalue weighted by atomic mass is 10.3. The number of rotatable bonds is 3. The zero-order chi connectivity index (χ0) is 12.2. The molecule has 0 radical (unpaired) electrons. The minimum Gasteiger partial charge on any atom is -0.465 e. The first-order valence-electron chi connectivity index (χ1n) is 5.60. The molecule has 3 heterocycles. The zero-order valence-electron chi connectivity index (χ0n) is 9.60. The van der Waals surface area contributed by atoms with Crippen molar-refractivity contribution in [2.24, 2.45) is 0 Å². The topological polar surface area (TPSA) is 43.9 Å². The van der Waals surface area contributed by atoms with Crippen molar-refractivity contribution in [1.82, 2.24) is 14.8 Å². The van der Waals surface area contributed by atoms with Gasteiger partial charge in [-0.05, 0) is 42.5 Å². The minimum absolute atomic E-state index is 0.793. The molecule has 0 N–H and O–H groups in total. The lowest BCUT2D eigenvalue weighted by molar-refractivity contribution is 0.557. The number of pyridine rings is 1. The van der Waals surface area contributed by atoms with Gasteiger partial charge in [-0.25, -0.2) is 9.67 Å². The van der Waals surface area contributed by atoms with E-state index in [-0.39, 0.29) is 0 Å². The van der Waals surface area contributed by atoms with Crippen molar-refractivity contribution in [3.8, 4) is 5.82 Å². The molecule has 0 saturated heterocycles. The highest BCUT2D eigenvalue weighted by atomic mass is 16.3. The Hall–Kier alpha value is -2.62. The smallest absolute Gasteiger partial charge is 0.153 e. The molecule has 0 bridgehead atoms. The van der Waals surface area contributed by atoms with Gasteiger partial charge in [0.15, 0.2) is 5.82 Å². The maximum atomic E-state index is 5.25. The van der Waals surface area contributed by atoms with Crippen molar-refractivity contribution < 1.29 is 4.42 Å². The third-order valence-electron chi connectivity index (χ3n) is 2.50. The summed E-state index contributed by atoms with van der Waals surface area (Å²) >= 11 is 0. The van der Waals surface area contributed by atoms with Crippen LogP contribution in [0.15, 0.2) is 59.5 Å². The average Bonchev–Trinajstić information content (AvgIpc) is 3.09. The standard InChI is InChI=1S/C14H11N3O/c1-2-9-15-14(5-1)17-12(8-10-16-17)6-7-13-4-3-11-18-13/h1-11H/b7-6+. The fourth-order valence-electron chi connectivity index (χ4n) is 1.66. The van der Waals surface area contributed by atoms with E-state index in [4.69, 9.17) is 4.42 Å². The summed E-state index contributed by atoms with van der Waals surface area (Å²) < 4.78 is 7.02. The van der Waals surface area contributed by atoms with Crippen LogP contribution in [0.5, 0.6) is 0 Å². The van der Waals surface area contributed by atoms with Crippen LogP contribution in [-0.4, -0.2) is 14.8 Å². The van der Waals surface area contributed by atoms with Crippen LogP contribution in [0, 0.1) is 0 Å². The van der Waals surface area contributed by atoms with E-state index < -0.39 is 0 Å². The Morgan fingerprint density at radius 2 is 2.00 bits per heavy atom. The van der Waals surface area contributed by atoms with E-state index in [0.717, 1.165) is 17.3 Å². The van der Waals surface area contributed by atoms with Crippen molar-refractivity contribution >= 4 is 12.2 Å². The minimum atomic E-state index is 0.793. The Bertz CT molecular complexity index is 639. The van der Waals surface area contributed by atoms with E-state index in [1.165, 1.54) is 0 Å². The second kappa shape index (κ2) is 4.71. The van der Waals surface area contributed by atoms with Crippen molar-refractivity contribution in [3.05, 3.63) is 66.5 Å². The monoisotopic (exact) mass is 237 g/mol. The molecule has 0 atom stereocenters. The molecular weight excluding hydrogens is 226 g/mol. The van der Waals surface area contributed by atoms with Crippen LogP contribution in [0.1, 0.15) is 11.5 Å². The van der Waals surface area contributed by atoms with Crippen LogP contribution in [0.2, 0.25) is 0 Å². The molecule has 0 fully saturated rings. The molecule has 0 aromatic carbocycles. The van der Waals surface area contributed by atoms with Crippen LogP contribution >= 0.6 is 0 Å². The molecule has 0 aliphatic carbocycles. The van der Waals surface area contributed by atoms with Gasteiger partial charge in [0.1, 0.15) is 5.76 Å². The molecule has 3 rings (SSSR count). The maximum absolute atomic E-state index is 5.25. The van der Waals surface area contributed by atoms with Crippen molar-refractivity contribution in [1.29, 1.82) is 0 Å². The summed E-state index contributed by atoms with van der Waals surface area (Å²) in [4.78, 5) is 4.27. The number of aromatic nitrogens is 3. The van der Waals surface area contributed by atoms with Gasteiger partial charge in [0.25, 0.3) is 0 Å². The second-order valence-electron chi connectivity index (χ2n) is 3.70. The molecule has 0 amide bonds. The van der Waals surface area contributed by atoms with Crippen LogP contribution < -0.4 is 0 Å². The highest BCUT2D eigenvalue weighted by Crippen LogP contribution is 2.11. The average molecular weight is 237 g/mol. The SMILES string of the molecule is C(=C\c1ccnn1-c1ccccn1)/c1ccco1. The van der Waals surface area contributed by atoms with Gasteiger partial charge in [-0.1, -0.05) is 6.07 Å². The fraction of sp³-hybridized carbons (Fsp3) is 0. The first kappa shape index (κ1) is 10.5. The van der Waals surface area contributed by atoms with E-state index in [1.54, 1.807) is 23.3 Å². The third-order valence-corrected chi connectivity index (χ3v) is 2.50. The van der Waals surface area contributed by atoms with Gasteiger partial charge in [0.2, 0.25) is 0 Å². The lowest BCUT2D eigenvalue weighted by Crippen LogP contribution is -2.00. The van der Waals surface area contributed by atoms with Crippen LogP contribution in [0.3, 0.4) is 0 Å². The highest BCUT2D eigenvalue weighted by Gasteiger charge is 2.02. The van der Waals surface area contributed by atoms with Gasteiger partial charge in [-0.2, -0.15) is 5.10 Å². The molecule has 88 valence electrons. The third kappa shape index (κ3) is 2.08. The van der Waals surface area contributed by atoms with Crippen LogP contribution in [-0.2, 0) is 0 Å². The van der Waals surface area contributed by atoms with Crippen molar-refractivity contribution in [2.75, 3.05) is 0 Å². The summed E-state index contributed by atoms with van der Waals surface area (Å²) in [7, 11) is 0. The molecule has 0 aliphatic heterocycles. The van der Waals surface area contributed by atoms with Gasteiger partial charge in [0.05, 0.1) is 18.2 Å². The summed E-state index contributed by atoms with van der Waals surface area (Å²) in [6.45, 7) is 0. The largest absolute Gasteiger partial charge is 0.465 e. The van der Waals surface area contributed by atoms with E-state index in [0.29, 0.717) is 0 Å². The molecular formula is C14H11N3O. The van der Waals surface area contributed by atoms with Crippen LogP contribution in [0.25, 0.3) is 18.0 Å². The zero-order valence-corrected chi connectivity index (χ0v) is 9.60. The Kier molecular flexibility index (Phi) is 2.75. The number of nitrogens with zero attached hydrogens (tertiary/aromatic N) is 3. The Morgan fingerprint density at radius 3 is 2.78 bits per heavy atom. The van der Waals surface area contributed by atoms with Crippen molar-refractivity contribution in [2.45, 2.75) is 0 Å². The number of hydrogen-bond acceptors (Lipinski definition) is 3. The van der Waals surface area contributed by atoms with E-state index >= 15 is 0 Å². The normalized spacial score (nSPS) is 11.1. The Balaban J connectivity index is 1.93. The summed E-state index contributed by atoms with van der Waals surface area (Å²) in [5.41, 5.74) is 0.949. The molecule has 18 heavy (non-hydrogen) atoms. The quantitative estimate of drug-likeness (QED) is 0.703. The summed E-state index contributed by atoms with van der Waals surface area (Å²) in [5, 5.41) is 4.26. The summed E-state index contributed by atoms with van der Waals surface area (Å²) in [5.74, 6) is 1.60. The molecule has 0 unspecified atom stereocenters. The van der Waals surface area contributed by atoms with Gasteiger partial charge < -0.3 is 4.42 Å². The first-order chi connectivity index (χ1) is 8.93. The molecule has 0 saturated carbocycles. The summed E-state index contributed by atoms with van der Waals surface area (Å²) in [6, 6.07) is 11.4. The molecule has 0 aliphatic rings. The number of furan rings is 1. The highest BCUT2D eigenvalue weighted by molar-refractivity contribution is 5.66. The van der Waals surface area contributed by atoms with Gasteiger partial charge in [-0.3, -0.25) is 0 Å². The van der Waals surface area contributed by atoms with Gasteiger partial charge in [-0.15, -0.1) is 0 Å². The predicted molar refractivity (Wildman–Crippen MR) is 69.0 cm³/mol. The van der Waals surface area contributed by atoms with Crippen molar-refractivity contribution in [3.63, 3.8) is 0 Å². The van der Waals surface area contributed by atoms with Crippen LogP contribution in [0.4, 0.5) is 0 Å². The van der Waals surface area contributed by atoms with E-state index in [9.17, 15) is 0 Å². The first-order valence-corrected chi connectivity index (χ1v) is 5.60. The number of hydrogen-bond donors (Lipinski definition) is 0. The molecule has 0 spiro atoms. The lowest BCUT2D eigenvalue weighted by Gasteiger charge is -2.02.